The molecule has 5 nitrogen and oxygen atoms in total. The van der Waals surface area contributed by atoms with Gasteiger partial charge in [0, 0.05) is 19.3 Å². The highest BCUT2D eigenvalue weighted by atomic mass is 16.5. The molecule has 1 saturated heterocycles. The van der Waals surface area contributed by atoms with E-state index in [2.05, 4.69) is 17.6 Å². The van der Waals surface area contributed by atoms with Crippen molar-refractivity contribution in [1.29, 1.82) is 5.26 Å². The van der Waals surface area contributed by atoms with Crippen LogP contribution < -0.4 is 10.6 Å². The third kappa shape index (κ3) is 4.60. The van der Waals surface area contributed by atoms with Crippen LogP contribution >= 0.6 is 0 Å². The van der Waals surface area contributed by atoms with E-state index in [0.717, 1.165) is 26.1 Å². The lowest BCUT2D eigenvalue weighted by Gasteiger charge is -2.28. The molecule has 2 N–H and O–H groups in total. The number of ether oxygens (including phenoxy) is 1. The molecule has 0 bridgehead atoms. The van der Waals surface area contributed by atoms with Gasteiger partial charge in [-0.15, -0.1) is 0 Å². The Morgan fingerprint density at radius 2 is 2.25 bits per heavy atom. The number of hydrogen-bond acceptors (Lipinski definition) is 4. The fraction of sp³-hybridized carbons (Fsp3) is 0.818. The first-order valence-electron chi connectivity index (χ1n) is 5.69. The third-order valence-electron chi connectivity index (χ3n) is 2.92. The number of amides is 1. The average molecular weight is 225 g/mol. The highest BCUT2D eigenvalue weighted by Crippen LogP contribution is 2.18. The van der Waals surface area contributed by atoms with Gasteiger partial charge in [0.25, 0.3) is 0 Å². The van der Waals surface area contributed by atoms with Gasteiger partial charge in [-0.1, -0.05) is 0 Å². The van der Waals surface area contributed by atoms with E-state index in [1.165, 1.54) is 0 Å². The van der Waals surface area contributed by atoms with Gasteiger partial charge < -0.3 is 15.4 Å². The van der Waals surface area contributed by atoms with Gasteiger partial charge in [-0.25, -0.2) is 0 Å². The molecular weight excluding hydrogens is 206 g/mol. The van der Waals surface area contributed by atoms with Crippen LogP contribution in [0.15, 0.2) is 0 Å². The lowest BCUT2D eigenvalue weighted by molar-refractivity contribution is -0.120. The molecule has 0 aromatic heterocycles. The van der Waals surface area contributed by atoms with Crippen LogP contribution in [0.1, 0.15) is 19.8 Å². The number of nitrogens with one attached hydrogen (secondary N) is 2. The average Bonchev–Trinajstić information content (AvgIpc) is 2.34. The minimum Gasteiger partial charge on any atom is -0.381 e. The van der Waals surface area contributed by atoms with E-state index < -0.39 is 0 Å². The number of hydrogen-bond donors (Lipinski definition) is 2. The Hall–Kier alpha value is -1.12. The Morgan fingerprint density at radius 3 is 2.88 bits per heavy atom. The molecule has 1 aliphatic rings. The van der Waals surface area contributed by atoms with Gasteiger partial charge in [0.2, 0.25) is 5.91 Å². The predicted molar refractivity (Wildman–Crippen MR) is 59.6 cm³/mol. The molecule has 0 radical (unpaired) electrons. The topological polar surface area (TPSA) is 74.2 Å². The van der Waals surface area contributed by atoms with Crippen molar-refractivity contribution >= 4 is 5.91 Å². The van der Waals surface area contributed by atoms with Gasteiger partial charge in [0.05, 0.1) is 12.6 Å². The van der Waals surface area contributed by atoms with Gasteiger partial charge in [0.15, 0.2) is 0 Å². The summed E-state index contributed by atoms with van der Waals surface area (Å²) in [4.78, 5) is 11.2. The minimum absolute atomic E-state index is 0.0756. The number of nitriles is 1. The lowest BCUT2D eigenvalue weighted by atomic mass is 9.93. The number of carbonyl (C=O) groups is 1. The summed E-state index contributed by atoms with van der Waals surface area (Å²) >= 11 is 0. The van der Waals surface area contributed by atoms with Gasteiger partial charge in [-0.05, 0) is 25.7 Å². The molecule has 1 rings (SSSR count). The monoisotopic (exact) mass is 225 g/mol. The Morgan fingerprint density at radius 1 is 1.56 bits per heavy atom. The summed E-state index contributed by atoms with van der Waals surface area (Å²) < 4.78 is 5.29. The molecule has 1 aliphatic heterocycles. The summed E-state index contributed by atoms with van der Waals surface area (Å²) in [6.45, 7) is 4.08. The van der Waals surface area contributed by atoms with Crippen LogP contribution in [0.3, 0.4) is 0 Å². The molecule has 0 aromatic carbocycles. The van der Waals surface area contributed by atoms with Crippen molar-refractivity contribution in [3.8, 4) is 6.07 Å². The molecule has 5 heteroatoms. The van der Waals surface area contributed by atoms with Crippen LogP contribution in [0.25, 0.3) is 0 Å². The van der Waals surface area contributed by atoms with Crippen molar-refractivity contribution in [2.45, 2.75) is 25.8 Å². The second-order valence-corrected chi connectivity index (χ2v) is 4.05. The summed E-state index contributed by atoms with van der Waals surface area (Å²) in [6, 6.07) is 2.19. The van der Waals surface area contributed by atoms with Crippen molar-refractivity contribution in [2.24, 2.45) is 5.92 Å². The minimum atomic E-state index is -0.125. The van der Waals surface area contributed by atoms with Gasteiger partial charge in [-0.3, -0.25) is 4.79 Å². The number of rotatable bonds is 5. The van der Waals surface area contributed by atoms with Crippen LogP contribution in [0.5, 0.6) is 0 Å². The molecule has 0 aliphatic carbocycles. The third-order valence-corrected chi connectivity index (χ3v) is 2.92. The first kappa shape index (κ1) is 12.9. The van der Waals surface area contributed by atoms with Crippen molar-refractivity contribution in [1.82, 2.24) is 10.6 Å². The molecule has 1 fully saturated rings. The Kier molecular flexibility index (Phi) is 5.83. The quantitative estimate of drug-likeness (QED) is 0.647. The molecule has 0 spiro atoms. The highest BCUT2D eigenvalue weighted by Gasteiger charge is 2.20. The lowest BCUT2D eigenvalue weighted by Crippen LogP contribution is -2.42. The van der Waals surface area contributed by atoms with Gasteiger partial charge in [0.1, 0.15) is 6.54 Å². The first-order chi connectivity index (χ1) is 7.74. The maximum absolute atomic E-state index is 11.2. The van der Waals surface area contributed by atoms with Gasteiger partial charge in [-0.2, -0.15) is 5.26 Å². The summed E-state index contributed by atoms with van der Waals surface area (Å²) in [5.41, 5.74) is 0. The van der Waals surface area contributed by atoms with Crippen molar-refractivity contribution in [2.75, 3.05) is 26.3 Å². The molecule has 0 saturated carbocycles. The van der Waals surface area contributed by atoms with E-state index in [4.69, 9.17) is 10.00 Å². The van der Waals surface area contributed by atoms with E-state index in [0.29, 0.717) is 12.0 Å². The van der Waals surface area contributed by atoms with Crippen molar-refractivity contribution < 1.29 is 9.53 Å². The molecule has 90 valence electrons. The molecule has 1 amide bonds. The van der Waals surface area contributed by atoms with E-state index >= 15 is 0 Å². The normalized spacial score (nSPS) is 18.8. The van der Waals surface area contributed by atoms with E-state index in [-0.39, 0.29) is 19.0 Å². The van der Waals surface area contributed by atoms with Crippen LogP contribution in [0.2, 0.25) is 0 Å². The second kappa shape index (κ2) is 7.20. The zero-order chi connectivity index (χ0) is 11.8. The fourth-order valence-corrected chi connectivity index (χ4v) is 1.84. The molecule has 1 unspecified atom stereocenters. The van der Waals surface area contributed by atoms with Crippen LogP contribution in [0.4, 0.5) is 0 Å². The van der Waals surface area contributed by atoms with Crippen LogP contribution in [-0.2, 0) is 9.53 Å². The predicted octanol–water partition coefficient (Wildman–Crippen LogP) is 0.0309. The van der Waals surface area contributed by atoms with E-state index in [9.17, 15) is 4.79 Å². The van der Waals surface area contributed by atoms with E-state index in [1.54, 1.807) is 0 Å². The zero-order valence-electron chi connectivity index (χ0n) is 9.66. The Balaban J connectivity index is 2.16. The molecule has 1 atom stereocenters. The van der Waals surface area contributed by atoms with E-state index in [1.807, 2.05) is 6.07 Å². The summed E-state index contributed by atoms with van der Waals surface area (Å²) in [5, 5.41) is 14.0. The van der Waals surface area contributed by atoms with Crippen molar-refractivity contribution in [3.05, 3.63) is 0 Å². The second-order valence-electron chi connectivity index (χ2n) is 4.05. The maximum Gasteiger partial charge on any atom is 0.234 e. The SMILES string of the molecule is CC(NCC(=O)NCC#N)C1CCOCC1. The molecule has 0 aromatic rings. The summed E-state index contributed by atoms with van der Waals surface area (Å²) in [7, 11) is 0. The highest BCUT2D eigenvalue weighted by molar-refractivity contribution is 5.78. The fourth-order valence-electron chi connectivity index (χ4n) is 1.84. The smallest absolute Gasteiger partial charge is 0.234 e. The number of nitrogens with zero attached hydrogens (tertiary/aromatic N) is 1. The molecule has 16 heavy (non-hydrogen) atoms. The number of carbonyl (C=O) groups excluding carboxylic acids is 1. The summed E-state index contributed by atoms with van der Waals surface area (Å²) in [5.74, 6) is 0.456. The maximum atomic E-state index is 11.2. The summed E-state index contributed by atoms with van der Waals surface area (Å²) in [6.07, 6.45) is 2.10. The van der Waals surface area contributed by atoms with Crippen molar-refractivity contribution in [3.63, 3.8) is 0 Å². The Bertz CT molecular complexity index is 256. The van der Waals surface area contributed by atoms with Crippen LogP contribution in [-0.4, -0.2) is 38.3 Å². The first-order valence-corrected chi connectivity index (χ1v) is 5.69. The Labute approximate surface area is 96.2 Å². The standard InChI is InChI=1S/C11H19N3O2/c1-9(10-2-6-16-7-3-10)14-8-11(15)13-5-4-12/h9-10,14H,2-3,5-8H2,1H3,(H,13,15). The largest absolute Gasteiger partial charge is 0.381 e. The van der Waals surface area contributed by atoms with Gasteiger partial charge >= 0.3 is 0 Å². The molecular formula is C11H19N3O2. The zero-order valence-corrected chi connectivity index (χ0v) is 9.66. The molecule has 1 heterocycles. The van der Waals surface area contributed by atoms with Crippen LogP contribution in [0, 0.1) is 17.2 Å².